The van der Waals surface area contributed by atoms with E-state index in [4.69, 9.17) is 5.73 Å². The molecule has 68 valence electrons. The molecule has 0 aromatic heterocycles. The van der Waals surface area contributed by atoms with Crippen molar-refractivity contribution in [3.8, 4) is 0 Å². The van der Waals surface area contributed by atoms with Gasteiger partial charge in [-0.25, -0.2) is 0 Å². The summed E-state index contributed by atoms with van der Waals surface area (Å²) in [5.74, 6) is 0. The molecule has 1 aliphatic heterocycles. The second-order valence-electron chi connectivity index (χ2n) is 4.45. The summed E-state index contributed by atoms with van der Waals surface area (Å²) in [6, 6.07) is 8.19. The van der Waals surface area contributed by atoms with Gasteiger partial charge in [0.25, 0.3) is 0 Å². The van der Waals surface area contributed by atoms with E-state index in [1.807, 2.05) is 12.1 Å². The largest absolute Gasteiger partial charge is 0.399 e. The summed E-state index contributed by atoms with van der Waals surface area (Å²) in [7, 11) is 0. The molecule has 2 N–H and O–H groups in total. The van der Waals surface area contributed by atoms with Gasteiger partial charge in [0.1, 0.15) is 0 Å². The molecule has 1 aromatic carbocycles. The minimum Gasteiger partial charge on any atom is -0.399 e. The van der Waals surface area contributed by atoms with Gasteiger partial charge in [0, 0.05) is 29.9 Å². The van der Waals surface area contributed by atoms with E-state index in [0.29, 0.717) is 0 Å². The van der Waals surface area contributed by atoms with Crippen molar-refractivity contribution in [3.05, 3.63) is 24.3 Å². The minimum atomic E-state index is 0.737. The van der Waals surface area contributed by atoms with E-state index in [-0.39, 0.29) is 0 Å². The van der Waals surface area contributed by atoms with E-state index in [0.717, 1.165) is 11.1 Å². The molecule has 2 heteroatoms. The zero-order valence-corrected chi connectivity index (χ0v) is 7.66. The molecule has 2 nitrogen and oxygen atoms in total. The first-order chi connectivity index (χ1) is 6.27. The van der Waals surface area contributed by atoms with Gasteiger partial charge in [-0.3, -0.25) is 0 Å². The Kier molecular flexibility index (Phi) is 1.22. The lowest BCUT2D eigenvalue weighted by Crippen LogP contribution is -2.48. The van der Waals surface area contributed by atoms with E-state index in [1.54, 1.807) is 0 Å². The third-order valence-electron chi connectivity index (χ3n) is 3.27. The molecule has 2 fully saturated rings. The molecule has 1 spiro atoms. The fourth-order valence-electron chi connectivity index (χ4n) is 2.12. The highest BCUT2D eigenvalue weighted by atomic mass is 15.2. The third kappa shape index (κ3) is 1.09. The molecular weight excluding hydrogens is 160 g/mol. The summed E-state index contributed by atoms with van der Waals surface area (Å²) in [6.45, 7) is 2.52. The first-order valence-electron chi connectivity index (χ1n) is 4.88. The lowest BCUT2D eigenvalue weighted by atomic mass is 9.96. The third-order valence-corrected chi connectivity index (χ3v) is 3.27. The highest BCUT2D eigenvalue weighted by molar-refractivity contribution is 5.55. The van der Waals surface area contributed by atoms with Crippen molar-refractivity contribution in [1.82, 2.24) is 0 Å². The molecule has 3 rings (SSSR count). The number of nitrogen functional groups attached to an aromatic ring is 1. The molecule has 2 aliphatic rings. The van der Waals surface area contributed by atoms with E-state index in [2.05, 4.69) is 17.0 Å². The van der Waals surface area contributed by atoms with Crippen LogP contribution < -0.4 is 10.6 Å². The Morgan fingerprint density at radius 1 is 1.08 bits per heavy atom. The van der Waals surface area contributed by atoms with Gasteiger partial charge in [0.2, 0.25) is 0 Å². The zero-order valence-electron chi connectivity index (χ0n) is 7.66. The zero-order chi connectivity index (χ0) is 8.89. The number of nitrogens with two attached hydrogens (primary N) is 1. The standard InChI is InChI=1S/C11H14N2/c12-9-1-3-10(4-2-9)13-7-11(8-13)5-6-11/h1-4H,5-8,12H2. The Labute approximate surface area is 78.3 Å². The summed E-state index contributed by atoms with van der Waals surface area (Å²) >= 11 is 0. The van der Waals surface area contributed by atoms with Crippen LogP contribution in [0.15, 0.2) is 24.3 Å². The number of benzene rings is 1. The Bertz CT molecular complexity index is 316. The molecule has 0 bridgehead atoms. The van der Waals surface area contributed by atoms with Gasteiger partial charge < -0.3 is 10.6 Å². The number of hydrogen-bond acceptors (Lipinski definition) is 2. The van der Waals surface area contributed by atoms with Crippen LogP contribution in [0.2, 0.25) is 0 Å². The molecule has 0 radical (unpaired) electrons. The van der Waals surface area contributed by atoms with E-state index >= 15 is 0 Å². The van der Waals surface area contributed by atoms with Gasteiger partial charge in [0.15, 0.2) is 0 Å². The summed E-state index contributed by atoms with van der Waals surface area (Å²) < 4.78 is 0. The van der Waals surface area contributed by atoms with E-state index in [1.165, 1.54) is 31.6 Å². The van der Waals surface area contributed by atoms with Gasteiger partial charge in [-0.2, -0.15) is 0 Å². The number of rotatable bonds is 1. The Morgan fingerprint density at radius 2 is 1.69 bits per heavy atom. The van der Waals surface area contributed by atoms with Crippen LogP contribution in [0.3, 0.4) is 0 Å². The van der Waals surface area contributed by atoms with Gasteiger partial charge in [-0.1, -0.05) is 0 Å². The molecule has 0 atom stereocenters. The SMILES string of the molecule is Nc1ccc(N2CC3(CC3)C2)cc1. The molecule has 1 heterocycles. The van der Waals surface area contributed by atoms with Crippen molar-refractivity contribution in [2.24, 2.45) is 5.41 Å². The second kappa shape index (κ2) is 2.19. The van der Waals surface area contributed by atoms with Crippen LogP contribution >= 0.6 is 0 Å². The van der Waals surface area contributed by atoms with Crippen molar-refractivity contribution in [2.45, 2.75) is 12.8 Å². The number of nitrogens with zero attached hydrogens (tertiary/aromatic N) is 1. The number of hydrogen-bond donors (Lipinski definition) is 1. The fraction of sp³-hybridized carbons (Fsp3) is 0.455. The number of anilines is 2. The maximum absolute atomic E-state index is 5.63. The highest BCUT2D eigenvalue weighted by Crippen LogP contribution is 2.53. The molecular formula is C11H14N2. The quantitative estimate of drug-likeness (QED) is 0.658. The highest BCUT2D eigenvalue weighted by Gasteiger charge is 2.52. The summed E-state index contributed by atoms with van der Waals surface area (Å²) in [5.41, 5.74) is 8.55. The van der Waals surface area contributed by atoms with Crippen LogP contribution in [0, 0.1) is 5.41 Å². The minimum absolute atomic E-state index is 0.737. The lowest BCUT2D eigenvalue weighted by Gasteiger charge is -2.41. The Hall–Kier alpha value is -1.18. The maximum Gasteiger partial charge on any atom is 0.0368 e. The van der Waals surface area contributed by atoms with E-state index in [9.17, 15) is 0 Å². The molecule has 0 amide bonds. The van der Waals surface area contributed by atoms with Crippen molar-refractivity contribution < 1.29 is 0 Å². The van der Waals surface area contributed by atoms with Crippen molar-refractivity contribution in [1.29, 1.82) is 0 Å². The van der Waals surface area contributed by atoms with Gasteiger partial charge in [-0.15, -0.1) is 0 Å². The van der Waals surface area contributed by atoms with Crippen LogP contribution in [-0.4, -0.2) is 13.1 Å². The van der Waals surface area contributed by atoms with Crippen LogP contribution in [0.25, 0.3) is 0 Å². The van der Waals surface area contributed by atoms with Crippen molar-refractivity contribution in [3.63, 3.8) is 0 Å². The smallest absolute Gasteiger partial charge is 0.0368 e. The van der Waals surface area contributed by atoms with Crippen LogP contribution in [-0.2, 0) is 0 Å². The van der Waals surface area contributed by atoms with E-state index < -0.39 is 0 Å². The Balaban J connectivity index is 1.75. The van der Waals surface area contributed by atoms with Gasteiger partial charge in [-0.05, 0) is 37.1 Å². The van der Waals surface area contributed by atoms with Crippen LogP contribution in [0.4, 0.5) is 11.4 Å². The monoisotopic (exact) mass is 174 g/mol. The first-order valence-corrected chi connectivity index (χ1v) is 4.88. The Morgan fingerprint density at radius 3 is 2.23 bits per heavy atom. The van der Waals surface area contributed by atoms with Crippen molar-refractivity contribution in [2.75, 3.05) is 23.7 Å². The predicted octanol–water partition coefficient (Wildman–Crippen LogP) is 1.87. The summed E-state index contributed by atoms with van der Waals surface area (Å²) in [5, 5.41) is 0. The summed E-state index contributed by atoms with van der Waals surface area (Å²) in [6.07, 6.45) is 2.89. The first kappa shape index (κ1) is 7.25. The molecule has 0 unspecified atom stereocenters. The normalized spacial score (nSPS) is 22.9. The summed E-state index contributed by atoms with van der Waals surface area (Å²) in [4.78, 5) is 2.44. The molecule has 1 saturated carbocycles. The van der Waals surface area contributed by atoms with Crippen LogP contribution in [0.1, 0.15) is 12.8 Å². The predicted molar refractivity (Wildman–Crippen MR) is 54.7 cm³/mol. The maximum atomic E-state index is 5.63. The van der Waals surface area contributed by atoms with Crippen molar-refractivity contribution >= 4 is 11.4 Å². The van der Waals surface area contributed by atoms with Crippen LogP contribution in [0.5, 0.6) is 0 Å². The lowest BCUT2D eigenvalue weighted by molar-refractivity contribution is 0.387. The molecule has 13 heavy (non-hydrogen) atoms. The average Bonchev–Trinajstić information content (AvgIpc) is 2.83. The second-order valence-corrected chi connectivity index (χ2v) is 4.45. The van der Waals surface area contributed by atoms with Gasteiger partial charge in [0.05, 0.1) is 0 Å². The van der Waals surface area contributed by atoms with Gasteiger partial charge >= 0.3 is 0 Å². The topological polar surface area (TPSA) is 29.3 Å². The fourth-order valence-corrected chi connectivity index (χ4v) is 2.12. The molecule has 1 aliphatic carbocycles. The molecule has 1 aromatic rings. The molecule has 1 saturated heterocycles. The average molecular weight is 174 g/mol.